The smallest absolute Gasteiger partial charge is 0.322 e. The Hall–Kier alpha value is -1.41. The number of hydrogen-bond acceptors (Lipinski definition) is 4. The number of carbonyl (C=O) groups excluding carboxylic acids is 1. The summed E-state index contributed by atoms with van der Waals surface area (Å²) in [6.07, 6.45) is 0.210. The van der Waals surface area contributed by atoms with E-state index in [2.05, 4.69) is 29.0 Å². The topological polar surface area (TPSA) is 48.1 Å². The minimum Gasteiger partial charge on any atom is -0.374 e. The van der Waals surface area contributed by atoms with Gasteiger partial charge in [-0.1, -0.05) is 11.6 Å². The maximum atomic E-state index is 13.8. The normalized spacial score (nSPS) is 22.3. The van der Waals surface area contributed by atoms with Gasteiger partial charge in [-0.15, -0.1) is 0 Å². The van der Waals surface area contributed by atoms with Crippen LogP contribution in [0, 0.1) is 5.82 Å². The summed E-state index contributed by atoms with van der Waals surface area (Å²) in [6.45, 7) is 10.8. The summed E-state index contributed by atoms with van der Waals surface area (Å²) in [5.74, 6) is -0.490. The van der Waals surface area contributed by atoms with Crippen LogP contribution in [0.2, 0.25) is 5.02 Å². The van der Waals surface area contributed by atoms with Crippen molar-refractivity contribution < 1.29 is 13.9 Å². The van der Waals surface area contributed by atoms with Crippen LogP contribution in [-0.2, 0) is 4.74 Å². The van der Waals surface area contributed by atoms with Crippen LogP contribution in [0.4, 0.5) is 14.9 Å². The number of benzene rings is 1. The summed E-state index contributed by atoms with van der Waals surface area (Å²) < 4.78 is 19.7. The number of nitrogens with zero attached hydrogens (tertiary/aromatic N) is 3. The third-order valence-corrected chi connectivity index (χ3v) is 5.43. The number of morpholine rings is 1. The van der Waals surface area contributed by atoms with Crippen LogP contribution in [0.15, 0.2) is 18.2 Å². The predicted molar refractivity (Wildman–Crippen MR) is 105 cm³/mol. The second kappa shape index (κ2) is 9.19. The molecule has 3 rings (SSSR count). The Morgan fingerprint density at radius 3 is 2.74 bits per heavy atom. The van der Waals surface area contributed by atoms with Gasteiger partial charge in [0.1, 0.15) is 5.82 Å². The quantitative estimate of drug-likeness (QED) is 0.847. The zero-order valence-electron chi connectivity index (χ0n) is 16.0. The van der Waals surface area contributed by atoms with Crippen LogP contribution in [0.3, 0.4) is 0 Å². The Morgan fingerprint density at radius 2 is 2.04 bits per heavy atom. The highest BCUT2D eigenvalue weighted by Gasteiger charge is 2.27. The van der Waals surface area contributed by atoms with E-state index in [-0.39, 0.29) is 17.8 Å². The summed E-state index contributed by atoms with van der Waals surface area (Å²) in [4.78, 5) is 18.9. The number of anilines is 1. The van der Waals surface area contributed by atoms with E-state index in [9.17, 15) is 9.18 Å². The molecule has 6 nitrogen and oxygen atoms in total. The first-order chi connectivity index (χ1) is 12.9. The molecule has 0 radical (unpaired) electrons. The Balaban J connectivity index is 1.46. The van der Waals surface area contributed by atoms with E-state index in [4.69, 9.17) is 16.3 Å². The number of urea groups is 1. The molecule has 150 valence electrons. The number of nitrogens with one attached hydrogen (secondary N) is 1. The summed E-state index contributed by atoms with van der Waals surface area (Å²) in [5.41, 5.74) is 0.110. The monoisotopic (exact) mass is 398 g/mol. The molecule has 0 saturated carbocycles. The number of halogens is 2. The van der Waals surface area contributed by atoms with E-state index in [0.717, 1.165) is 39.3 Å². The number of hydrogen-bond donors (Lipinski definition) is 1. The Labute approximate surface area is 165 Å². The molecule has 1 unspecified atom stereocenters. The van der Waals surface area contributed by atoms with Crippen molar-refractivity contribution >= 4 is 23.3 Å². The molecule has 2 aliphatic rings. The molecule has 1 aromatic rings. The summed E-state index contributed by atoms with van der Waals surface area (Å²) in [7, 11) is 0. The first-order valence-corrected chi connectivity index (χ1v) is 9.89. The minimum atomic E-state index is -0.490. The Bertz CT molecular complexity index is 653. The van der Waals surface area contributed by atoms with Crippen molar-refractivity contribution in [2.45, 2.75) is 26.0 Å². The van der Waals surface area contributed by atoms with Gasteiger partial charge in [-0.05, 0) is 32.0 Å². The van der Waals surface area contributed by atoms with Crippen LogP contribution >= 0.6 is 11.6 Å². The Morgan fingerprint density at radius 1 is 1.30 bits per heavy atom. The summed E-state index contributed by atoms with van der Waals surface area (Å²) in [5, 5.41) is 3.00. The van der Waals surface area contributed by atoms with Gasteiger partial charge in [0.2, 0.25) is 0 Å². The van der Waals surface area contributed by atoms with Gasteiger partial charge in [0.15, 0.2) is 0 Å². The number of amides is 2. The molecular weight excluding hydrogens is 371 g/mol. The van der Waals surface area contributed by atoms with Crippen molar-refractivity contribution in [3.63, 3.8) is 0 Å². The maximum Gasteiger partial charge on any atom is 0.322 e. The van der Waals surface area contributed by atoms with Crippen molar-refractivity contribution in [3.8, 4) is 0 Å². The molecule has 2 saturated heterocycles. The maximum absolute atomic E-state index is 13.8. The van der Waals surface area contributed by atoms with Crippen molar-refractivity contribution in [1.82, 2.24) is 14.7 Å². The Kier molecular flexibility index (Phi) is 6.92. The SMILES string of the molecule is CC(C)N1CCOC(CN2CCN(C(=O)Nc3cc(Cl)ccc3F)CC2)C1. The molecule has 0 aromatic heterocycles. The van der Waals surface area contributed by atoms with E-state index in [1.165, 1.54) is 18.2 Å². The van der Waals surface area contributed by atoms with Gasteiger partial charge in [-0.25, -0.2) is 9.18 Å². The molecular formula is C19H28ClFN4O2. The molecule has 2 fully saturated rings. The summed E-state index contributed by atoms with van der Waals surface area (Å²) >= 11 is 5.87. The number of rotatable bonds is 4. The zero-order chi connectivity index (χ0) is 19.4. The number of piperazine rings is 1. The fourth-order valence-electron chi connectivity index (χ4n) is 3.53. The molecule has 0 bridgehead atoms. The van der Waals surface area contributed by atoms with Gasteiger partial charge in [-0.2, -0.15) is 0 Å². The van der Waals surface area contributed by atoms with Crippen molar-refractivity contribution in [1.29, 1.82) is 0 Å². The highest BCUT2D eigenvalue weighted by Crippen LogP contribution is 2.20. The number of carbonyl (C=O) groups is 1. The van der Waals surface area contributed by atoms with E-state index in [1.807, 2.05) is 0 Å². The first kappa shape index (κ1) is 20.3. The molecule has 1 atom stereocenters. The third-order valence-electron chi connectivity index (χ3n) is 5.19. The largest absolute Gasteiger partial charge is 0.374 e. The van der Waals surface area contributed by atoms with E-state index < -0.39 is 5.82 Å². The summed E-state index contributed by atoms with van der Waals surface area (Å²) in [6, 6.07) is 4.37. The zero-order valence-corrected chi connectivity index (χ0v) is 16.7. The lowest BCUT2D eigenvalue weighted by Crippen LogP contribution is -2.54. The lowest BCUT2D eigenvalue weighted by molar-refractivity contribution is -0.0551. The van der Waals surface area contributed by atoms with E-state index in [0.29, 0.717) is 24.2 Å². The van der Waals surface area contributed by atoms with Crippen LogP contribution in [0.5, 0.6) is 0 Å². The average Bonchev–Trinajstić information content (AvgIpc) is 2.65. The van der Waals surface area contributed by atoms with Crippen molar-refractivity contribution in [2.75, 3.05) is 57.7 Å². The molecule has 0 spiro atoms. The van der Waals surface area contributed by atoms with E-state index in [1.54, 1.807) is 4.90 Å². The molecule has 2 heterocycles. The molecule has 27 heavy (non-hydrogen) atoms. The molecule has 0 aliphatic carbocycles. The second-order valence-electron chi connectivity index (χ2n) is 7.42. The van der Waals surface area contributed by atoms with Crippen molar-refractivity contribution in [3.05, 3.63) is 29.0 Å². The van der Waals surface area contributed by atoms with Gasteiger partial charge in [-0.3, -0.25) is 9.80 Å². The lowest BCUT2D eigenvalue weighted by atomic mass is 10.2. The van der Waals surface area contributed by atoms with Crippen LogP contribution in [-0.4, -0.2) is 85.3 Å². The van der Waals surface area contributed by atoms with Crippen LogP contribution in [0.1, 0.15) is 13.8 Å². The van der Waals surface area contributed by atoms with Gasteiger partial charge >= 0.3 is 6.03 Å². The van der Waals surface area contributed by atoms with E-state index >= 15 is 0 Å². The highest BCUT2D eigenvalue weighted by molar-refractivity contribution is 6.30. The average molecular weight is 399 g/mol. The fraction of sp³-hybridized carbons (Fsp3) is 0.632. The van der Waals surface area contributed by atoms with Gasteiger partial charge in [0.25, 0.3) is 0 Å². The van der Waals surface area contributed by atoms with Crippen LogP contribution in [0.25, 0.3) is 0 Å². The molecule has 2 aliphatic heterocycles. The molecule has 2 amide bonds. The van der Waals surface area contributed by atoms with Gasteiger partial charge in [0, 0.05) is 56.9 Å². The predicted octanol–water partition coefficient (Wildman–Crippen LogP) is 2.74. The van der Waals surface area contributed by atoms with Crippen LogP contribution < -0.4 is 5.32 Å². The highest BCUT2D eigenvalue weighted by atomic mass is 35.5. The van der Waals surface area contributed by atoms with Gasteiger partial charge < -0.3 is 15.0 Å². The minimum absolute atomic E-state index is 0.110. The third kappa shape index (κ3) is 5.54. The molecule has 1 aromatic carbocycles. The van der Waals surface area contributed by atoms with Gasteiger partial charge in [0.05, 0.1) is 18.4 Å². The first-order valence-electron chi connectivity index (χ1n) is 9.51. The number of ether oxygens (including phenoxy) is 1. The fourth-order valence-corrected chi connectivity index (χ4v) is 3.70. The van der Waals surface area contributed by atoms with Crippen molar-refractivity contribution in [2.24, 2.45) is 0 Å². The second-order valence-corrected chi connectivity index (χ2v) is 7.86. The molecule has 1 N–H and O–H groups in total. The lowest BCUT2D eigenvalue weighted by Gasteiger charge is -2.40. The standard InChI is InChI=1S/C19H28ClFN4O2/c1-14(2)25-9-10-27-16(13-25)12-23-5-7-24(8-6-23)19(26)22-18-11-15(20)3-4-17(18)21/h3-4,11,14,16H,5-10,12-13H2,1-2H3,(H,22,26). The molecule has 8 heteroatoms.